The van der Waals surface area contributed by atoms with Crippen LogP contribution in [0.2, 0.25) is 0 Å². The van der Waals surface area contributed by atoms with Gasteiger partial charge in [0.15, 0.2) is 6.61 Å². The molecule has 2 aromatic carbocycles. The molecule has 0 radical (unpaired) electrons. The Hall–Kier alpha value is -3.74. The van der Waals surface area contributed by atoms with Crippen LogP contribution in [0, 0.1) is 12.7 Å². The first-order valence-electron chi connectivity index (χ1n) is 9.94. The molecule has 0 N–H and O–H groups in total. The Morgan fingerprint density at radius 1 is 1.13 bits per heavy atom. The van der Waals surface area contributed by atoms with Crippen LogP contribution in [0.25, 0.3) is 0 Å². The first-order chi connectivity index (χ1) is 15.0. The van der Waals surface area contributed by atoms with Crippen LogP contribution in [0.1, 0.15) is 16.7 Å². The average molecular weight is 419 g/mol. The van der Waals surface area contributed by atoms with Crippen LogP contribution in [0.3, 0.4) is 0 Å². The molecular weight excluding hydrogens is 397 g/mol. The Kier molecular flexibility index (Phi) is 5.93. The molecule has 0 saturated carbocycles. The number of carbonyl (C=O) groups excluding carboxylic acids is 2. The zero-order valence-corrected chi connectivity index (χ0v) is 17.1. The summed E-state index contributed by atoms with van der Waals surface area (Å²) in [7, 11) is 0. The third-order valence-electron chi connectivity index (χ3n) is 5.09. The zero-order valence-electron chi connectivity index (χ0n) is 17.1. The molecule has 1 aliphatic heterocycles. The van der Waals surface area contributed by atoms with Gasteiger partial charge in [-0.05, 0) is 53.9 Å². The van der Waals surface area contributed by atoms with E-state index in [-0.39, 0.29) is 37.3 Å². The first kappa shape index (κ1) is 20.5. The van der Waals surface area contributed by atoms with Crippen molar-refractivity contribution in [2.45, 2.75) is 20.0 Å². The molecule has 2 heterocycles. The first-order valence-corrected chi connectivity index (χ1v) is 9.94. The molecule has 7 heteroatoms. The van der Waals surface area contributed by atoms with Crippen molar-refractivity contribution < 1.29 is 18.7 Å². The molecule has 0 aliphatic carbocycles. The summed E-state index contributed by atoms with van der Waals surface area (Å²) in [5.41, 5.74) is 3.21. The van der Waals surface area contributed by atoms with E-state index in [9.17, 15) is 14.0 Å². The number of fused-ring (bicyclic) bond motifs is 1. The maximum atomic E-state index is 13.3. The average Bonchev–Trinajstić information content (AvgIpc) is 2.77. The fraction of sp³-hybridized carbons (Fsp3) is 0.208. The molecule has 0 atom stereocenters. The molecule has 0 saturated heterocycles. The molecule has 0 bridgehead atoms. The van der Waals surface area contributed by atoms with E-state index in [1.54, 1.807) is 41.6 Å². The van der Waals surface area contributed by atoms with Crippen LogP contribution in [0.4, 0.5) is 10.1 Å². The summed E-state index contributed by atoms with van der Waals surface area (Å²) in [6.07, 6.45) is 3.37. The second-order valence-electron chi connectivity index (χ2n) is 7.48. The number of hydrogen-bond donors (Lipinski definition) is 0. The van der Waals surface area contributed by atoms with Gasteiger partial charge in [-0.2, -0.15) is 0 Å². The highest BCUT2D eigenvalue weighted by Crippen LogP contribution is 2.32. The lowest BCUT2D eigenvalue weighted by Crippen LogP contribution is -2.46. The van der Waals surface area contributed by atoms with Crippen molar-refractivity contribution in [3.8, 4) is 5.75 Å². The van der Waals surface area contributed by atoms with Crippen molar-refractivity contribution in [3.05, 3.63) is 89.5 Å². The lowest BCUT2D eigenvalue weighted by atomic mass is 10.1. The number of benzene rings is 2. The number of rotatable bonds is 6. The van der Waals surface area contributed by atoms with E-state index in [4.69, 9.17) is 4.74 Å². The fourth-order valence-electron chi connectivity index (χ4n) is 3.48. The van der Waals surface area contributed by atoms with Crippen molar-refractivity contribution in [3.63, 3.8) is 0 Å². The minimum Gasteiger partial charge on any atom is -0.482 e. The van der Waals surface area contributed by atoms with Crippen molar-refractivity contribution in [2.75, 3.05) is 18.1 Å². The van der Waals surface area contributed by atoms with Crippen LogP contribution < -0.4 is 9.64 Å². The largest absolute Gasteiger partial charge is 0.482 e. The van der Waals surface area contributed by atoms with Crippen molar-refractivity contribution >= 4 is 17.5 Å². The van der Waals surface area contributed by atoms with E-state index in [1.807, 2.05) is 25.1 Å². The monoisotopic (exact) mass is 419 g/mol. The summed E-state index contributed by atoms with van der Waals surface area (Å²) in [6.45, 7) is 2.31. The Balaban J connectivity index is 1.59. The number of carbonyl (C=O) groups is 2. The van der Waals surface area contributed by atoms with Gasteiger partial charge in [0.05, 0.1) is 5.69 Å². The van der Waals surface area contributed by atoms with Gasteiger partial charge >= 0.3 is 0 Å². The molecule has 158 valence electrons. The van der Waals surface area contributed by atoms with Crippen LogP contribution in [-0.2, 0) is 22.7 Å². The van der Waals surface area contributed by atoms with Gasteiger partial charge in [-0.1, -0.05) is 24.3 Å². The molecule has 1 aromatic heterocycles. The summed E-state index contributed by atoms with van der Waals surface area (Å²) >= 11 is 0. The highest BCUT2D eigenvalue weighted by atomic mass is 19.1. The summed E-state index contributed by atoms with van der Waals surface area (Å²) in [5, 5.41) is 0. The van der Waals surface area contributed by atoms with E-state index in [0.29, 0.717) is 18.0 Å². The molecule has 2 amide bonds. The normalized spacial score (nSPS) is 12.8. The highest BCUT2D eigenvalue weighted by Gasteiger charge is 2.29. The van der Waals surface area contributed by atoms with Gasteiger partial charge in [-0.15, -0.1) is 0 Å². The van der Waals surface area contributed by atoms with Crippen LogP contribution in [-0.4, -0.2) is 34.8 Å². The summed E-state index contributed by atoms with van der Waals surface area (Å²) < 4.78 is 18.8. The molecule has 3 aromatic rings. The van der Waals surface area contributed by atoms with Gasteiger partial charge in [-0.25, -0.2) is 4.39 Å². The number of aryl methyl sites for hydroxylation is 1. The number of anilines is 1. The molecule has 0 spiro atoms. The summed E-state index contributed by atoms with van der Waals surface area (Å²) in [6, 6.07) is 15.3. The summed E-state index contributed by atoms with van der Waals surface area (Å²) in [5.74, 6) is -0.249. The molecule has 0 fully saturated rings. The second-order valence-corrected chi connectivity index (χ2v) is 7.48. The molecule has 4 rings (SSSR count). The third-order valence-corrected chi connectivity index (χ3v) is 5.09. The van der Waals surface area contributed by atoms with Gasteiger partial charge in [0.2, 0.25) is 5.91 Å². The van der Waals surface area contributed by atoms with Gasteiger partial charge in [-0.3, -0.25) is 19.5 Å². The van der Waals surface area contributed by atoms with Crippen LogP contribution >= 0.6 is 0 Å². The molecular formula is C24H22FN3O3. The van der Waals surface area contributed by atoms with Gasteiger partial charge in [0, 0.05) is 25.5 Å². The molecule has 1 aliphatic rings. The van der Waals surface area contributed by atoms with Gasteiger partial charge in [0.25, 0.3) is 5.91 Å². The van der Waals surface area contributed by atoms with E-state index < -0.39 is 0 Å². The number of pyridine rings is 1. The zero-order chi connectivity index (χ0) is 21.8. The van der Waals surface area contributed by atoms with Gasteiger partial charge in [0.1, 0.15) is 18.1 Å². The number of ether oxygens (including phenoxy) is 1. The lowest BCUT2D eigenvalue weighted by molar-refractivity contribution is -0.133. The smallest absolute Gasteiger partial charge is 0.265 e. The Morgan fingerprint density at radius 3 is 2.65 bits per heavy atom. The molecule has 6 nitrogen and oxygen atoms in total. The van der Waals surface area contributed by atoms with Gasteiger partial charge < -0.3 is 9.64 Å². The lowest BCUT2D eigenvalue weighted by Gasteiger charge is -2.31. The minimum absolute atomic E-state index is 0.107. The standard InChI is InChI=1S/C24H22FN3O3/c1-17-4-9-22-21(11-17)28(24(30)16-31-22)15-23(29)27(14-19-3-2-10-26-12-19)13-18-5-7-20(25)8-6-18/h2-12H,13-16H2,1H3. The Labute approximate surface area is 179 Å². The molecule has 0 unspecified atom stereocenters. The van der Waals surface area contributed by atoms with Crippen molar-refractivity contribution in [1.82, 2.24) is 9.88 Å². The maximum Gasteiger partial charge on any atom is 0.265 e. The van der Waals surface area contributed by atoms with E-state index in [0.717, 1.165) is 16.7 Å². The topological polar surface area (TPSA) is 62.7 Å². The van der Waals surface area contributed by atoms with Crippen LogP contribution in [0.5, 0.6) is 5.75 Å². The van der Waals surface area contributed by atoms with Crippen LogP contribution in [0.15, 0.2) is 67.0 Å². The second kappa shape index (κ2) is 8.95. The number of amides is 2. The maximum absolute atomic E-state index is 13.3. The van der Waals surface area contributed by atoms with Crippen molar-refractivity contribution in [2.24, 2.45) is 0 Å². The molecule has 31 heavy (non-hydrogen) atoms. The number of nitrogens with zero attached hydrogens (tertiary/aromatic N) is 3. The van der Waals surface area contributed by atoms with E-state index >= 15 is 0 Å². The number of halogens is 1. The van der Waals surface area contributed by atoms with E-state index in [1.165, 1.54) is 17.0 Å². The van der Waals surface area contributed by atoms with Crippen molar-refractivity contribution in [1.29, 1.82) is 0 Å². The van der Waals surface area contributed by atoms with E-state index in [2.05, 4.69) is 4.98 Å². The summed E-state index contributed by atoms with van der Waals surface area (Å²) in [4.78, 5) is 33.1. The minimum atomic E-state index is -0.334. The number of hydrogen-bond acceptors (Lipinski definition) is 4. The quantitative estimate of drug-likeness (QED) is 0.614. The highest BCUT2D eigenvalue weighted by molar-refractivity contribution is 6.02. The Bertz CT molecular complexity index is 1090. The third kappa shape index (κ3) is 4.88. The Morgan fingerprint density at radius 2 is 1.90 bits per heavy atom. The fourth-order valence-corrected chi connectivity index (χ4v) is 3.48. The number of aromatic nitrogens is 1. The predicted molar refractivity (Wildman–Crippen MR) is 114 cm³/mol. The SMILES string of the molecule is Cc1ccc2c(c1)N(CC(=O)N(Cc1ccc(F)cc1)Cc1cccnc1)C(=O)CO2. The predicted octanol–water partition coefficient (Wildman–Crippen LogP) is 3.48.